The zero-order valence-electron chi connectivity index (χ0n) is 5.52. The molecule has 54 valence electrons. The van der Waals surface area contributed by atoms with Gasteiger partial charge in [0.15, 0.2) is 0 Å². The first-order chi connectivity index (χ1) is 4.27. The van der Waals surface area contributed by atoms with Gasteiger partial charge in [-0.05, 0) is 6.92 Å². The van der Waals surface area contributed by atoms with E-state index in [0.29, 0.717) is 19.8 Å². The van der Waals surface area contributed by atoms with Crippen LogP contribution in [-0.2, 0) is 9.47 Å². The van der Waals surface area contributed by atoms with E-state index in [1.54, 1.807) is 0 Å². The molecule has 0 saturated heterocycles. The summed E-state index contributed by atoms with van der Waals surface area (Å²) in [6.07, 6.45) is 0. The second kappa shape index (κ2) is 5.37. The maximum absolute atomic E-state index is 6.63. The molecular formula is C5H12N2O2. The van der Waals surface area contributed by atoms with Crippen molar-refractivity contribution >= 4 is 6.02 Å². The minimum Gasteiger partial charge on any atom is -0.463 e. The zero-order chi connectivity index (χ0) is 7.11. The van der Waals surface area contributed by atoms with E-state index in [2.05, 4.69) is 4.74 Å². The molecule has 0 spiro atoms. The Morgan fingerprint density at radius 1 is 1.56 bits per heavy atom. The van der Waals surface area contributed by atoms with Crippen LogP contribution in [0.5, 0.6) is 0 Å². The Morgan fingerprint density at radius 2 is 2.22 bits per heavy atom. The Morgan fingerprint density at radius 3 is 2.67 bits per heavy atom. The normalized spacial score (nSPS) is 9.00. The van der Waals surface area contributed by atoms with Gasteiger partial charge in [-0.3, -0.25) is 5.41 Å². The maximum Gasteiger partial charge on any atom is 0.279 e. The van der Waals surface area contributed by atoms with Gasteiger partial charge in [-0.15, -0.1) is 0 Å². The molecular weight excluding hydrogens is 120 g/mol. The van der Waals surface area contributed by atoms with E-state index in [-0.39, 0.29) is 6.02 Å². The van der Waals surface area contributed by atoms with E-state index < -0.39 is 0 Å². The quantitative estimate of drug-likeness (QED) is 0.319. The third-order valence-corrected chi connectivity index (χ3v) is 0.689. The van der Waals surface area contributed by atoms with Crippen molar-refractivity contribution in [3.05, 3.63) is 0 Å². The van der Waals surface area contributed by atoms with Crippen LogP contribution >= 0.6 is 0 Å². The Kier molecular flexibility index (Phi) is 4.91. The van der Waals surface area contributed by atoms with Gasteiger partial charge in [0.05, 0.1) is 6.61 Å². The molecule has 0 aromatic carbocycles. The van der Waals surface area contributed by atoms with E-state index in [1.165, 1.54) is 0 Å². The summed E-state index contributed by atoms with van der Waals surface area (Å²) in [4.78, 5) is 0. The Labute approximate surface area is 54.5 Å². The minimum atomic E-state index is -0.255. The number of ether oxygens (including phenoxy) is 2. The molecule has 0 aromatic rings. The summed E-state index contributed by atoms with van der Waals surface area (Å²) in [7, 11) is 0. The second-order valence-corrected chi connectivity index (χ2v) is 1.41. The van der Waals surface area contributed by atoms with E-state index in [0.717, 1.165) is 0 Å². The van der Waals surface area contributed by atoms with Crippen LogP contribution in [0.1, 0.15) is 6.92 Å². The van der Waals surface area contributed by atoms with E-state index in [1.807, 2.05) is 6.92 Å². The molecule has 0 aromatic heterocycles. The monoisotopic (exact) mass is 132 g/mol. The highest BCUT2D eigenvalue weighted by Crippen LogP contribution is 1.75. The fourth-order valence-corrected chi connectivity index (χ4v) is 0.355. The fourth-order valence-electron chi connectivity index (χ4n) is 0.355. The zero-order valence-corrected chi connectivity index (χ0v) is 5.52. The van der Waals surface area contributed by atoms with E-state index in [4.69, 9.17) is 15.9 Å². The number of rotatable bonds is 4. The van der Waals surface area contributed by atoms with Crippen LogP contribution in [0.2, 0.25) is 0 Å². The number of nitrogens with one attached hydrogen (secondary N) is 1. The summed E-state index contributed by atoms with van der Waals surface area (Å²) in [5, 5.41) is 6.63. The van der Waals surface area contributed by atoms with Gasteiger partial charge < -0.3 is 15.2 Å². The predicted octanol–water partition coefficient (Wildman–Crippen LogP) is -0.0670. The van der Waals surface area contributed by atoms with Crippen molar-refractivity contribution in [2.45, 2.75) is 6.92 Å². The molecule has 0 radical (unpaired) electrons. The number of amidine groups is 1. The molecule has 0 aliphatic heterocycles. The fraction of sp³-hybridized carbons (Fsp3) is 0.800. The smallest absolute Gasteiger partial charge is 0.279 e. The number of hydrogen-bond donors (Lipinski definition) is 2. The van der Waals surface area contributed by atoms with Gasteiger partial charge >= 0.3 is 0 Å². The van der Waals surface area contributed by atoms with Crippen molar-refractivity contribution in [3.63, 3.8) is 0 Å². The molecule has 0 rings (SSSR count). The topological polar surface area (TPSA) is 68.3 Å². The summed E-state index contributed by atoms with van der Waals surface area (Å²) in [5.41, 5.74) is 4.88. The summed E-state index contributed by atoms with van der Waals surface area (Å²) in [6.45, 7) is 3.42. The third-order valence-electron chi connectivity index (χ3n) is 0.689. The second-order valence-electron chi connectivity index (χ2n) is 1.41. The average Bonchev–Trinajstić information content (AvgIpc) is 1.80. The molecule has 0 aliphatic rings. The van der Waals surface area contributed by atoms with Crippen molar-refractivity contribution in [2.24, 2.45) is 5.73 Å². The Hall–Kier alpha value is -0.770. The largest absolute Gasteiger partial charge is 0.463 e. The van der Waals surface area contributed by atoms with E-state index >= 15 is 0 Å². The summed E-state index contributed by atoms with van der Waals surface area (Å²) in [5.74, 6) is 0. The maximum atomic E-state index is 6.63. The van der Waals surface area contributed by atoms with Gasteiger partial charge in [-0.2, -0.15) is 0 Å². The molecule has 9 heavy (non-hydrogen) atoms. The van der Waals surface area contributed by atoms with Crippen LogP contribution in [0.15, 0.2) is 0 Å². The van der Waals surface area contributed by atoms with Crippen LogP contribution < -0.4 is 5.73 Å². The van der Waals surface area contributed by atoms with Gasteiger partial charge in [0.2, 0.25) is 0 Å². The van der Waals surface area contributed by atoms with Crippen molar-refractivity contribution < 1.29 is 9.47 Å². The highest BCUT2D eigenvalue weighted by atomic mass is 16.5. The van der Waals surface area contributed by atoms with E-state index in [9.17, 15) is 0 Å². The lowest BCUT2D eigenvalue weighted by molar-refractivity contribution is 0.105. The number of nitrogens with two attached hydrogens (primary N) is 1. The van der Waals surface area contributed by atoms with Crippen molar-refractivity contribution in [2.75, 3.05) is 19.8 Å². The van der Waals surface area contributed by atoms with Gasteiger partial charge in [0.25, 0.3) is 6.02 Å². The summed E-state index contributed by atoms with van der Waals surface area (Å²) in [6, 6.07) is -0.255. The summed E-state index contributed by atoms with van der Waals surface area (Å²) < 4.78 is 9.49. The van der Waals surface area contributed by atoms with Crippen molar-refractivity contribution in [3.8, 4) is 0 Å². The third kappa shape index (κ3) is 7.23. The lowest BCUT2D eigenvalue weighted by Crippen LogP contribution is -2.17. The molecule has 4 nitrogen and oxygen atoms in total. The molecule has 0 heterocycles. The standard InChI is InChI=1S/C5H12N2O2/c1-2-8-3-4-9-5(6)7/h2-4H2,1H3,(H3,6,7). The molecule has 0 bridgehead atoms. The molecule has 0 amide bonds. The first-order valence-corrected chi connectivity index (χ1v) is 2.82. The molecule has 0 unspecified atom stereocenters. The summed E-state index contributed by atoms with van der Waals surface area (Å²) >= 11 is 0. The molecule has 3 N–H and O–H groups in total. The average molecular weight is 132 g/mol. The molecule has 0 atom stereocenters. The molecule has 0 fully saturated rings. The van der Waals surface area contributed by atoms with Gasteiger partial charge in [0.1, 0.15) is 6.61 Å². The SMILES string of the molecule is CCOCCOC(=N)N. The van der Waals surface area contributed by atoms with Crippen molar-refractivity contribution in [1.82, 2.24) is 0 Å². The Balaban J connectivity index is 2.83. The first kappa shape index (κ1) is 8.23. The van der Waals surface area contributed by atoms with Gasteiger partial charge in [-0.1, -0.05) is 0 Å². The molecule has 0 saturated carbocycles. The van der Waals surface area contributed by atoms with Crippen LogP contribution in [0.3, 0.4) is 0 Å². The minimum absolute atomic E-state index is 0.255. The first-order valence-electron chi connectivity index (χ1n) is 2.82. The highest BCUT2D eigenvalue weighted by Gasteiger charge is 1.86. The predicted molar refractivity (Wildman–Crippen MR) is 34.4 cm³/mol. The lowest BCUT2D eigenvalue weighted by atomic mass is 10.7. The molecule has 4 heteroatoms. The van der Waals surface area contributed by atoms with Crippen LogP contribution in [-0.4, -0.2) is 25.8 Å². The highest BCUT2D eigenvalue weighted by molar-refractivity contribution is 5.67. The molecule has 0 aliphatic carbocycles. The van der Waals surface area contributed by atoms with Crippen LogP contribution in [0.25, 0.3) is 0 Å². The van der Waals surface area contributed by atoms with Crippen LogP contribution in [0.4, 0.5) is 0 Å². The number of hydrogen-bond acceptors (Lipinski definition) is 3. The van der Waals surface area contributed by atoms with Crippen molar-refractivity contribution in [1.29, 1.82) is 5.41 Å². The van der Waals surface area contributed by atoms with Gasteiger partial charge in [-0.25, -0.2) is 0 Å². The van der Waals surface area contributed by atoms with Crippen LogP contribution in [0, 0.1) is 5.41 Å². The lowest BCUT2D eigenvalue weighted by Gasteiger charge is -2.01. The van der Waals surface area contributed by atoms with Gasteiger partial charge in [0, 0.05) is 6.61 Å². The Bertz CT molecular complexity index is 85.0.